The third kappa shape index (κ3) is 5.66. The summed E-state index contributed by atoms with van der Waals surface area (Å²) in [5.74, 6) is 0.515. The van der Waals surface area contributed by atoms with Gasteiger partial charge in [-0.2, -0.15) is 0 Å². The van der Waals surface area contributed by atoms with E-state index in [-0.39, 0.29) is 11.5 Å². The number of aryl methyl sites for hydroxylation is 2. The molecular weight excluding hydrogens is 458 g/mol. The van der Waals surface area contributed by atoms with Crippen LogP contribution in [0.4, 0.5) is 0 Å². The predicted molar refractivity (Wildman–Crippen MR) is 152 cm³/mol. The summed E-state index contributed by atoms with van der Waals surface area (Å²) in [6.45, 7) is 8.88. The highest BCUT2D eigenvalue weighted by atomic mass is 16.2. The Morgan fingerprint density at radius 3 is 2.22 bits per heavy atom. The highest BCUT2D eigenvalue weighted by molar-refractivity contribution is 5.94. The number of rotatable bonds is 10. The fraction of sp³-hybridized carbons (Fsp3) is 0.344. The topological polar surface area (TPSA) is 55.2 Å². The Morgan fingerprint density at radius 2 is 1.57 bits per heavy atom. The summed E-state index contributed by atoms with van der Waals surface area (Å²) in [4.78, 5) is 34.3. The predicted octanol–water partition coefficient (Wildman–Crippen LogP) is 6.90. The van der Waals surface area contributed by atoms with Crippen LogP contribution in [-0.4, -0.2) is 26.9 Å². The van der Waals surface area contributed by atoms with E-state index in [4.69, 9.17) is 4.98 Å². The fourth-order valence-corrected chi connectivity index (χ4v) is 4.77. The number of benzene rings is 3. The second kappa shape index (κ2) is 12.0. The van der Waals surface area contributed by atoms with E-state index in [0.717, 1.165) is 37.8 Å². The van der Waals surface area contributed by atoms with Gasteiger partial charge in [0, 0.05) is 12.1 Å². The number of fused-ring (bicyclic) bond motifs is 1. The maximum absolute atomic E-state index is 13.8. The van der Waals surface area contributed by atoms with Gasteiger partial charge in [-0.3, -0.25) is 14.2 Å². The van der Waals surface area contributed by atoms with Crippen LogP contribution in [0, 0.1) is 0 Å². The number of amides is 1. The summed E-state index contributed by atoms with van der Waals surface area (Å²) in [6, 6.07) is 23.0. The zero-order chi connectivity index (χ0) is 26.4. The van der Waals surface area contributed by atoms with E-state index in [1.807, 2.05) is 72.5 Å². The number of carbonyl (C=O) groups excluding carboxylic acids is 1. The minimum Gasteiger partial charge on any atom is -0.329 e. The van der Waals surface area contributed by atoms with E-state index in [2.05, 4.69) is 32.9 Å². The van der Waals surface area contributed by atoms with Gasteiger partial charge in [-0.25, -0.2) is 4.98 Å². The molecule has 4 rings (SSSR count). The lowest BCUT2D eigenvalue weighted by atomic mass is 10.0. The average Bonchev–Trinajstić information content (AvgIpc) is 2.94. The van der Waals surface area contributed by atoms with Crippen molar-refractivity contribution in [1.82, 2.24) is 14.5 Å². The number of nitrogens with zero attached hydrogens (tertiary/aromatic N) is 3. The number of aromatic nitrogens is 2. The summed E-state index contributed by atoms with van der Waals surface area (Å²) in [5, 5.41) is 0.564. The Hall–Kier alpha value is -3.73. The van der Waals surface area contributed by atoms with Crippen molar-refractivity contribution in [2.75, 3.05) is 6.54 Å². The van der Waals surface area contributed by atoms with Gasteiger partial charge in [0.1, 0.15) is 5.82 Å². The van der Waals surface area contributed by atoms with Gasteiger partial charge in [0.25, 0.3) is 11.5 Å². The normalized spacial score (nSPS) is 12.0. The van der Waals surface area contributed by atoms with Crippen LogP contribution < -0.4 is 5.56 Å². The molecule has 1 amide bonds. The number of para-hydroxylation sites is 1. The second-order valence-electron chi connectivity index (χ2n) is 9.62. The SMILES string of the molecule is CCCCc1ccc(C(=O)N(CCC)C(C)c2nc3ccccc3c(=O)n2-c2ccc(CC)cc2)cc1. The molecule has 0 saturated heterocycles. The molecule has 0 spiro atoms. The Kier molecular flexibility index (Phi) is 8.54. The van der Waals surface area contributed by atoms with Crippen LogP contribution in [0.1, 0.15) is 80.3 Å². The van der Waals surface area contributed by atoms with E-state index in [1.165, 1.54) is 11.1 Å². The van der Waals surface area contributed by atoms with Crippen LogP contribution in [0.5, 0.6) is 0 Å². The Bertz CT molecular complexity index is 1410. The van der Waals surface area contributed by atoms with E-state index in [1.54, 1.807) is 4.57 Å². The molecular formula is C32H37N3O2. The molecule has 0 N–H and O–H groups in total. The molecule has 5 nitrogen and oxygen atoms in total. The second-order valence-corrected chi connectivity index (χ2v) is 9.62. The van der Waals surface area contributed by atoms with Gasteiger partial charge in [0.2, 0.25) is 0 Å². The van der Waals surface area contributed by atoms with E-state index < -0.39 is 6.04 Å². The highest BCUT2D eigenvalue weighted by Crippen LogP contribution is 2.25. The van der Waals surface area contributed by atoms with Crippen molar-refractivity contribution in [3.05, 3.63) is 106 Å². The number of unbranched alkanes of at least 4 members (excludes halogenated alkanes) is 1. The van der Waals surface area contributed by atoms with Crippen molar-refractivity contribution >= 4 is 16.8 Å². The third-order valence-electron chi connectivity index (χ3n) is 6.99. The molecule has 0 fully saturated rings. The lowest BCUT2D eigenvalue weighted by Crippen LogP contribution is -2.38. The Labute approximate surface area is 219 Å². The molecule has 5 heteroatoms. The zero-order valence-corrected chi connectivity index (χ0v) is 22.4. The molecule has 1 aromatic heterocycles. The van der Waals surface area contributed by atoms with E-state index in [9.17, 15) is 9.59 Å². The van der Waals surface area contributed by atoms with Crippen LogP contribution in [0.25, 0.3) is 16.6 Å². The summed E-state index contributed by atoms with van der Waals surface area (Å²) >= 11 is 0. The van der Waals surface area contributed by atoms with Crippen molar-refractivity contribution in [3.63, 3.8) is 0 Å². The first-order valence-corrected chi connectivity index (χ1v) is 13.5. The molecule has 192 valence electrons. The van der Waals surface area contributed by atoms with Crippen molar-refractivity contribution in [1.29, 1.82) is 0 Å². The fourth-order valence-electron chi connectivity index (χ4n) is 4.77. The monoisotopic (exact) mass is 495 g/mol. The van der Waals surface area contributed by atoms with Crippen LogP contribution in [0.2, 0.25) is 0 Å². The van der Waals surface area contributed by atoms with Gasteiger partial charge in [-0.1, -0.05) is 63.6 Å². The molecule has 0 radical (unpaired) electrons. The maximum atomic E-state index is 13.8. The first-order chi connectivity index (χ1) is 18.0. The molecule has 1 heterocycles. The third-order valence-corrected chi connectivity index (χ3v) is 6.99. The minimum absolute atomic E-state index is 0.0494. The van der Waals surface area contributed by atoms with Gasteiger partial charge < -0.3 is 4.90 Å². The van der Waals surface area contributed by atoms with Crippen molar-refractivity contribution in [2.24, 2.45) is 0 Å². The summed E-state index contributed by atoms with van der Waals surface area (Å²) in [7, 11) is 0. The number of hydrogen-bond donors (Lipinski definition) is 0. The number of carbonyl (C=O) groups is 1. The van der Waals surface area contributed by atoms with Crippen LogP contribution in [0.15, 0.2) is 77.6 Å². The Morgan fingerprint density at radius 1 is 0.892 bits per heavy atom. The van der Waals surface area contributed by atoms with Crippen molar-refractivity contribution in [3.8, 4) is 5.69 Å². The molecule has 0 bridgehead atoms. The van der Waals surface area contributed by atoms with Gasteiger partial charge in [0.15, 0.2) is 0 Å². The maximum Gasteiger partial charge on any atom is 0.266 e. The lowest BCUT2D eigenvalue weighted by molar-refractivity contribution is 0.0681. The molecule has 0 aliphatic carbocycles. The lowest BCUT2D eigenvalue weighted by Gasteiger charge is -2.30. The average molecular weight is 496 g/mol. The molecule has 1 unspecified atom stereocenters. The first kappa shape index (κ1) is 26.3. The largest absolute Gasteiger partial charge is 0.329 e. The van der Waals surface area contributed by atoms with Crippen LogP contribution in [0.3, 0.4) is 0 Å². The summed E-state index contributed by atoms with van der Waals surface area (Å²) < 4.78 is 1.68. The highest BCUT2D eigenvalue weighted by Gasteiger charge is 2.27. The smallest absolute Gasteiger partial charge is 0.266 e. The molecule has 0 aliphatic heterocycles. The summed E-state index contributed by atoms with van der Waals surface area (Å²) in [5.41, 5.74) is 4.37. The molecule has 0 saturated carbocycles. The van der Waals surface area contributed by atoms with Crippen LogP contribution in [-0.2, 0) is 12.8 Å². The van der Waals surface area contributed by atoms with E-state index in [0.29, 0.717) is 28.8 Å². The molecule has 4 aromatic rings. The molecule has 3 aromatic carbocycles. The Balaban J connectivity index is 1.79. The number of hydrogen-bond acceptors (Lipinski definition) is 3. The zero-order valence-electron chi connectivity index (χ0n) is 22.4. The van der Waals surface area contributed by atoms with Gasteiger partial charge in [-0.05, 0) is 80.1 Å². The standard InChI is InChI=1S/C32H37N3O2/c1-5-8-11-25-14-18-26(19-15-25)31(36)34(22-6-2)23(4)30-33-29-13-10-9-12-28(29)32(37)35(30)27-20-16-24(7-3)17-21-27/h9-10,12-21,23H,5-8,11,22H2,1-4H3. The van der Waals surface area contributed by atoms with Gasteiger partial charge in [-0.15, -0.1) is 0 Å². The quantitative estimate of drug-likeness (QED) is 0.240. The first-order valence-electron chi connectivity index (χ1n) is 13.5. The van der Waals surface area contributed by atoms with Gasteiger partial charge >= 0.3 is 0 Å². The van der Waals surface area contributed by atoms with Gasteiger partial charge in [0.05, 0.1) is 22.6 Å². The molecule has 1 atom stereocenters. The summed E-state index contributed by atoms with van der Waals surface area (Å²) in [6.07, 6.45) is 5.02. The van der Waals surface area contributed by atoms with E-state index >= 15 is 0 Å². The van der Waals surface area contributed by atoms with Crippen LogP contribution >= 0.6 is 0 Å². The van der Waals surface area contributed by atoms with Crippen molar-refractivity contribution in [2.45, 2.75) is 65.8 Å². The molecule has 0 aliphatic rings. The van der Waals surface area contributed by atoms with Crippen molar-refractivity contribution < 1.29 is 4.79 Å². The minimum atomic E-state index is -0.407. The molecule has 37 heavy (non-hydrogen) atoms.